The zero-order chi connectivity index (χ0) is 14.0. The van der Waals surface area contributed by atoms with Crippen molar-refractivity contribution in [1.82, 2.24) is 15.1 Å². The summed E-state index contributed by atoms with van der Waals surface area (Å²) in [6, 6.07) is 0.621. The van der Waals surface area contributed by atoms with Gasteiger partial charge in [-0.2, -0.15) is 5.10 Å². The Labute approximate surface area is 117 Å². The van der Waals surface area contributed by atoms with E-state index in [0.29, 0.717) is 6.04 Å². The van der Waals surface area contributed by atoms with E-state index in [9.17, 15) is 0 Å². The van der Waals surface area contributed by atoms with Crippen LogP contribution in [0.2, 0.25) is 0 Å². The quantitative estimate of drug-likeness (QED) is 0.902. The molecule has 0 bridgehead atoms. The summed E-state index contributed by atoms with van der Waals surface area (Å²) in [4.78, 5) is 0. The molecule has 1 saturated carbocycles. The monoisotopic (exact) mass is 263 g/mol. The summed E-state index contributed by atoms with van der Waals surface area (Å²) in [6.07, 6.45) is 7.78. The first-order chi connectivity index (χ1) is 8.88. The summed E-state index contributed by atoms with van der Waals surface area (Å²) >= 11 is 0. The van der Waals surface area contributed by atoms with E-state index in [0.717, 1.165) is 12.5 Å². The molecule has 0 aromatic carbocycles. The number of hydrogen-bond donors (Lipinski definition) is 1. The lowest BCUT2D eigenvalue weighted by Gasteiger charge is -2.22. The van der Waals surface area contributed by atoms with Gasteiger partial charge in [0.25, 0.3) is 0 Å². The van der Waals surface area contributed by atoms with E-state index in [1.165, 1.54) is 36.9 Å². The van der Waals surface area contributed by atoms with Crippen LogP contribution in [0.3, 0.4) is 0 Å². The van der Waals surface area contributed by atoms with Crippen LogP contribution in [-0.4, -0.2) is 15.8 Å². The summed E-state index contributed by atoms with van der Waals surface area (Å²) in [6.45, 7) is 9.99. The van der Waals surface area contributed by atoms with Crippen molar-refractivity contribution in [3.8, 4) is 0 Å². The first-order valence-electron chi connectivity index (χ1n) is 7.64. The fraction of sp³-hybridized carbons (Fsp3) is 0.812. The topological polar surface area (TPSA) is 29.9 Å². The molecule has 3 nitrogen and oxygen atoms in total. The molecule has 0 aliphatic heterocycles. The normalized spacial score (nSPS) is 19.0. The molecule has 0 spiro atoms. The van der Waals surface area contributed by atoms with Gasteiger partial charge >= 0.3 is 0 Å². The Morgan fingerprint density at radius 1 is 1.37 bits per heavy atom. The van der Waals surface area contributed by atoms with Crippen LogP contribution in [0.25, 0.3) is 0 Å². The molecule has 1 unspecified atom stereocenters. The largest absolute Gasteiger partial charge is 0.310 e. The number of hydrogen-bond acceptors (Lipinski definition) is 2. The van der Waals surface area contributed by atoms with Gasteiger partial charge in [-0.3, -0.25) is 4.68 Å². The van der Waals surface area contributed by atoms with Crippen molar-refractivity contribution in [1.29, 1.82) is 0 Å². The second-order valence-corrected chi connectivity index (χ2v) is 7.14. The molecule has 1 aromatic heterocycles. The Hall–Kier alpha value is -0.830. The fourth-order valence-electron chi connectivity index (χ4n) is 3.19. The molecule has 19 heavy (non-hydrogen) atoms. The molecule has 1 fully saturated rings. The molecule has 1 aliphatic rings. The smallest absolute Gasteiger partial charge is 0.0722 e. The van der Waals surface area contributed by atoms with E-state index < -0.39 is 0 Å². The van der Waals surface area contributed by atoms with Crippen LogP contribution in [0.1, 0.15) is 64.6 Å². The minimum atomic E-state index is 0.120. The molecule has 0 radical (unpaired) electrons. The average molecular weight is 263 g/mol. The third-order valence-electron chi connectivity index (χ3n) is 4.34. The van der Waals surface area contributed by atoms with Gasteiger partial charge in [0.05, 0.1) is 5.69 Å². The van der Waals surface area contributed by atoms with Gasteiger partial charge in [0, 0.05) is 36.8 Å². The maximum atomic E-state index is 4.63. The van der Waals surface area contributed by atoms with E-state index in [4.69, 9.17) is 0 Å². The molecule has 1 heterocycles. The Morgan fingerprint density at radius 2 is 2.00 bits per heavy atom. The first kappa shape index (κ1) is 14.6. The lowest BCUT2D eigenvalue weighted by atomic mass is 9.89. The SMILES string of the molecule is CC(NCc1cn(C)nc1C(C)(C)C)C1CCCC1. The van der Waals surface area contributed by atoms with Gasteiger partial charge in [0.1, 0.15) is 0 Å². The third-order valence-corrected chi connectivity index (χ3v) is 4.34. The van der Waals surface area contributed by atoms with Crippen molar-refractivity contribution < 1.29 is 0 Å². The van der Waals surface area contributed by atoms with Gasteiger partial charge in [-0.1, -0.05) is 33.6 Å². The molecule has 108 valence electrons. The third kappa shape index (κ3) is 3.59. The lowest BCUT2D eigenvalue weighted by molar-refractivity contribution is 0.379. The number of nitrogens with zero attached hydrogens (tertiary/aromatic N) is 2. The molecule has 1 aromatic rings. The van der Waals surface area contributed by atoms with E-state index in [1.807, 2.05) is 11.7 Å². The Kier molecular flexibility index (Phi) is 4.34. The minimum Gasteiger partial charge on any atom is -0.310 e. The molecule has 3 heteroatoms. The zero-order valence-corrected chi connectivity index (χ0v) is 13.2. The molecule has 0 amide bonds. The Bertz CT molecular complexity index is 408. The van der Waals surface area contributed by atoms with Gasteiger partial charge in [0.2, 0.25) is 0 Å². The van der Waals surface area contributed by atoms with Crippen LogP contribution in [-0.2, 0) is 19.0 Å². The highest BCUT2D eigenvalue weighted by atomic mass is 15.3. The predicted octanol–water partition coefficient (Wildman–Crippen LogP) is 3.39. The summed E-state index contributed by atoms with van der Waals surface area (Å²) in [5.41, 5.74) is 2.69. The summed E-state index contributed by atoms with van der Waals surface area (Å²) in [5.74, 6) is 0.870. The standard InChI is InChI=1S/C16H29N3/c1-12(13-8-6-7-9-13)17-10-14-11-19(5)18-15(14)16(2,3)4/h11-13,17H,6-10H2,1-5H3. The van der Waals surface area contributed by atoms with Crippen LogP contribution in [0.5, 0.6) is 0 Å². The zero-order valence-electron chi connectivity index (χ0n) is 13.2. The highest BCUT2D eigenvalue weighted by Crippen LogP contribution is 2.28. The van der Waals surface area contributed by atoms with Crippen LogP contribution in [0.4, 0.5) is 0 Å². The number of rotatable bonds is 4. The maximum absolute atomic E-state index is 4.63. The van der Waals surface area contributed by atoms with Gasteiger partial charge in [-0.05, 0) is 25.7 Å². The van der Waals surface area contributed by atoms with Gasteiger partial charge in [-0.25, -0.2) is 0 Å². The Balaban J connectivity index is 1.99. The van der Waals surface area contributed by atoms with Gasteiger partial charge < -0.3 is 5.32 Å². The fourth-order valence-corrected chi connectivity index (χ4v) is 3.19. The summed E-state index contributed by atoms with van der Waals surface area (Å²) in [7, 11) is 2.01. The molecule has 1 N–H and O–H groups in total. The molecule has 2 rings (SSSR count). The maximum Gasteiger partial charge on any atom is 0.0722 e. The van der Waals surface area contributed by atoms with Crippen molar-refractivity contribution in [3.05, 3.63) is 17.5 Å². The predicted molar refractivity (Wildman–Crippen MR) is 80.2 cm³/mol. The van der Waals surface area contributed by atoms with Crippen LogP contribution in [0.15, 0.2) is 6.20 Å². The molecule has 0 saturated heterocycles. The summed E-state index contributed by atoms with van der Waals surface area (Å²) < 4.78 is 1.94. The number of aryl methyl sites for hydroxylation is 1. The van der Waals surface area contributed by atoms with Crippen LogP contribution in [0, 0.1) is 5.92 Å². The number of nitrogens with one attached hydrogen (secondary N) is 1. The van der Waals surface area contributed by atoms with Gasteiger partial charge in [-0.15, -0.1) is 0 Å². The van der Waals surface area contributed by atoms with Crippen molar-refractivity contribution in [2.75, 3.05) is 0 Å². The molecule has 1 aliphatic carbocycles. The average Bonchev–Trinajstić information content (AvgIpc) is 2.93. The number of aromatic nitrogens is 2. The van der Waals surface area contributed by atoms with Crippen LogP contribution < -0.4 is 5.32 Å². The lowest BCUT2D eigenvalue weighted by Crippen LogP contribution is -2.32. The van der Waals surface area contributed by atoms with Crippen molar-refractivity contribution >= 4 is 0 Å². The van der Waals surface area contributed by atoms with E-state index >= 15 is 0 Å². The highest BCUT2D eigenvalue weighted by molar-refractivity contribution is 5.23. The van der Waals surface area contributed by atoms with Crippen LogP contribution >= 0.6 is 0 Å². The van der Waals surface area contributed by atoms with Gasteiger partial charge in [0.15, 0.2) is 0 Å². The molecular formula is C16H29N3. The molecule has 1 atom stereocenters. The minimum absolute atomic E-state index is 0.120. The molecular weight excluding hydrogens is 234 g/mol. The van der Waals surface area contributed by atoms with Crippen molar-refractivity contribution in [2.45, 2.75) is 71.4 Å². The van der Waals surface area contributed by atoms with E-state index in [2.05, 4.69) is 44.3 Å². The van der Waals surface area contributed by atoms with E-state index in [-0.39, 0.29) is 5.41 Å². The van der Waals surface area contributed by atoms with Crippen molar-refractivity contribution in [2.24, 2.45) is 13.0 Å². The van der Waals surface area contributed by atoms with Crippen molar-refractivity contribution in [3.63, 3.8) is 0 Å². The highest BCUT2D eigenvalue weighted by Gasteiger charge is 2.24. The van der Waals surface area contributed by atoms with E-state index in [1.54, 1.807) is 0 Å². The Morgan fingerprint density at radius 3 is 2.58 bits per heavy atom. The summed E-state index contributed by atoms with van der Waals surface area (Å²) in [5, 5.41) is 8.35. The second-order valence-electron chi connectivity index (χ2n) is 7.14. The first-order valence-corrected chi connectivity index (χ1v) is 7.64. The second kappa shape index (κ2) is 5.66.